The second-order valence-electron chi connectivity index (χ2n) is 8.65. The van der Waals surface area contributed by atoms with Crippen LogP contribution in [0.1, 0.15) is 60.7 Å². The third-order valence-electron chi connectivity index (χ3n) is 6.31. The lowest BCUT2D eigenvalue weighted by Gasteiger charge is -2.38. The van der Waals surface area contributed by atoms with Crippen LogP contribution in [-0.2, 0) is 10.0 Å². The number of aromatic nitrogens is 1. The fraction of sp³-hybridized carbons (Fsp3) is 0.789. The highest BCUT2D eigenvalue weighted by Crippen LogP contribution is 2.40. The average molecular weight is 426 g/mol. The molecule has 1 aromatic rings. The number of nitrogens with one attached hydrogen (secondary N) is 1. The highest BCUT2D eigenvalue weighted by atomic mass is 32.2. The van der Waals surface area contributed by atoms with Crippen LogP contribution in [0.2, 0.25) is 0 Å². The number of carbonyl (C=O) groups excluding carboxylic acids is 1. The standard InChI is InChI=1S/C19H31N5O4S/c1-23(7-6-20)8-9-29(26,27)24-15-4-5-16(24)11-14(10-15)21-19(25)17-12-18(28-22-17)13-2-3-13/h12-16H,2-11,20H2,1H3,(H,21,25)/t14?,15-,16+. The molecule has 162 valence electrons. The van der Waals surface area contributed by atoms with E-state index in [1.54, 1.807) is 10.4 Å². The maximum absolute atomic E-state index is 12.9. The first kappa shape index (κ1) is 20.8. The topological polar surface area (TPSA) is 122 Å². The maximum Gasteiger partial charge on any atom is 0.273 e. The quantitative estimate of drug-likeness (QED) is 0.591. The number of sulfonamides is 1. The first-order chi connectivity index (χ1) is 13.9. The highest BCUT2D eigenvalue weighted by molar-refractivity contribution is 7.89. The van der Waals surface area contributed by atoms with Crippen LogP contribution < -0.4 is 11.1 Å². The van der Waals surface area contributed by atoms with Crippen molar-refractivity contribution in [1.29, 1.82) is 0 Å². The first-order valence-corrected chi connectivity index (χ1v) is 12.2. The Bertz CT molecular complexity index is 823. The first-order valence-electron chi connectivity index (χ1n) is 10.5. The van der Waals surface area contributed by atoms with Gasteiger partial charge in [-0.3, -0.25) is 4.79 Å². The Morgan fingerprint density at radius 2 is 1.97 bits per heavy atom. The van der Waals surface area contributed by atoms with Crippen LogP contribution in [0.5, 0.6) is 0 Å². The minimum atomic E-state index is -3.33. The van der Waals surface area contributed by atoms with Crippen molar-refractivity contribution in [2.75, 3.05) is 32.4 Å². The predicted octanol–water partition coefficient (Wildman–Crippen LogP) is 0.498. The lowest BCUT2D eigenvalue weighted by Crippen LogP contribution is -2.53. The predicted molar refractivity (Wildman–Crippen MR) is 108 cm³/mol. The molecule has 4 rings (SSSR count). The molecule has 0 radical (unpaired) electrons. The molecule has 2 bridgehead atoms. The van der Waals surface area contributed by atoms with Gasteiger partial charge in [-0.05, 0) is 45.6 Å². The molecule has 1 unspecified atom stereocenters. The molecule has 3 N–H and O–H groups in total. The van der Waals surface area contributed by atoms with Gasteiger partial charge in [0.2, 0.25) is 10.0 Å². The summed E-state index contributed by atoms with van der Waals surface area (Å²) in [5, 5.41) is 6.94. The summed E-state index contributed by atoms with van der Waals surface area (Å²) in [4.78, 5) is 14.5. The Hall–Kier alpha value is -1.49. The minimum absolute atomic E-state index is 0.0348. The zero-order valence-corrected chi connectivity index (χ0v) is 17.7. The molecule has 29 heavy (non-hydrogen) atoms. The molecule has 9 nitrogen and oxygen atoms in total. The van der Waals surface area contributed by atoms with Gasteiger partial charge in [0.25, 0.3) is 5.91 Å². The molecule has 0 spiro atoms. The second kappa shape index (κ2) is 8.33. The molecule has 3 aliphatic rings. The van der Waals surface area contributed by atoms with E-state index in [1.807, 2.05) is 11.9 Å². The van der Waals surface area contributed by atoms with Gasteiger partial charge < -0.3 is 20.5 Å². The van der Waals surface area contributed by atoms with Crippen molar-refractivity contribution < 1.29 is 17.7 Å². The lowest BCUT2D eigenvalue weighted by molar-refractivity contribution is 0.0900. The van der Waals surface area contributed by atoms with E-state index in [0.717, 1.165) is 31.4 Å². The third-order valence-corrected chi connectivity index (χ3v) is 8.24. The van der Waals surface area contributed by atoms with Crippen molar-refractivity contribution >= 4 is 15.9 Å². The number of amides is 1. The van der Waals surface area contributed by atoms with E-state index >= 15 is 0 Å². The third kappa shape index (κ3) is 4.65. The Kier molecular flexibility index (Phi) is 5.97. The van der Waals surface area contributed by atoms with Crippen LogP contribution in [0.25, 0.3) is 0 Å². The smallest absolute Gasteiger partial charge is 0.273 e. The summed E-state index contributed by atoms with van der Waals surface area (Å²) in [6.45, 7) is 1.67. The van der Waals surface area contributed by atoms with Gasteiger partial charge in [0.1, 0.15) is 5.76 Å². The van der Waals surface area contributed by atoms with E-state index in [4.69, 9.17) is 10.3 Å². The SMILES string of the molecule is CN(CCN)CCS(=O)(=O)N1[C@@H]2CC[C@H]1CC(NC(=O)c1cc(C3CC3)on1)C2. The van der Waals surface area contributed by atoms with Gasteiger partial charge >= 0.3 is 0 Å². The Morgan fingerprint density at radius 3 is 2.59 bits per heavy atom. The van der Waals surface area contributed by atoms with Gasteiger partial charge in [0.15, 0.2) is 5.69 Å². The molecular formula is C19H31N5O4S. The summed E-state index contributed by atoms with van der Waals surface area (Å²) in [6, 6.07) is 1.62. The highest BCUT2D eigenvalue weighted by Gasteiger charge is 2.46. The van der Waals surface area contributed by atoms with Gasteiger partial charge in [0, 0.05) is 49.7 Å². The number of nitrogens with two attached hydrogens (primary N) is 1. The van der Waals surface area contributed by atoms with Crippen molar-refractivity contribution in [1.82, 2.24) is 19.7 Å². The summed E-state index contributed by atoms with van der Waals surface area (Å²) in [5.41, 5.74) is 5.85. The molecule has 2 aliphatic heterocycles. The van der Waals surface area contributed by atoms with Crippen molar-refractivity contribution in [3.63, 3.8) is 0 Å². The molecule has 1 saturated carbocycles. The average Bonchev–Trinajstić information content (AvgIpc) is 3.33. The summed E-state index contributed by atoms with van der Waals surface area (Å²) < 4.78 is 32.9. The van der Waals surface area contributed by atoms with Crippen LogP contribution in [0.3, 0.4) is 0 Å². The zero-order chi connectivity index (χ0) is 20.6. The van der Waals surface area contributed by atoms with Gasteiger partial charge in [-0.25, -0.2) is 8.42 Å². The molecule has 10 heteroatoms. The maximum atomic E-state index is 12.9. The number of nitrogens with zero attached hydrogens (tertiary/aromatic N) is 3. The van der Waals surface area contributed by atoms with Crippen LogP contribution in [0.15, 0.2) is 10.6 Å². The second-order valence-corrected chi connectivity index (χ2v) is 10.6. The number of rotatable bonds is 9. The Labute approximate surface area is 172 Å². The molecule has 2 saturated heterocycles. The largest absolute Gasteiger partial charge is 0.360 e. The Balaban J connectivity index is 1.34. The molecule has 1 amide bonds. The number of carbonyl (C=O) groups is 1. The number of piperidine rings is 1. The van der Waals surface area contributed by atoms with Gasteiger partial charge in [-0.15, -0.1) is 0 Å². The van der Waals surface area contributed by atoms with Crippen LogP contribution in [0.4, 0.5) is 0 Å². The number of hydrogen-bond donors (Lipinski definition) is 2. The van der Waals surface area contributed by atoms with E-state index in [9.17, 15) is 13.2 Å². The number of hydrogen-bond acceptors (Lipinski definition) is 7. The summed E-state index contributed by atoms with van der Waals surface area (Å²) >= 11 is 0. The van der Waals surface area contributed by atoms with Crippen molar-refractivity contribution in [2.45, 2.75) is 62.6 Å². The molecule has 3 fully saturated rings. The number of fused-ring (bicyclic) bond motifs is 2. The molecule has 1 aliphatic carbocycles. The molecule has 3 heterocycles. The van der Waals surface area contributed by atoms with Gasteiger partial charge in [-0.2, -0.15) is 4.31 Å². The molecular weight excluding hydrogens is 394 g/mol. The monoisotopic (exact) mass is 425 g/mol. The van der Waals surface area contributed by atoms with E-state index in [1.165, 1.54) is 0 Å². The van der Waals surface area contributed by atoms with Crippen molar-refractivity contribution in [2.24, 2.45) is 5.73 Å². The van der Waals surface area contributed by atoms with Crippen molar-refractivity contribution in [3.05, 3.63) is 17.5 Å². The van der Waals surface area contributed by atoms with E-state index < -0.39 is 10.0 Å². The van der Waals surface area contributed by atoms with E-state index in [-0.39, 0.29) is 29.8 Å². The summed E-state index contributed by atoms with van der Waals surface area (Å²) in [6.07, 6.45) is 5.18. The number of likely N-dealkylation sites (N-methyl/N-ethyl adjacent to an activating group) is 1. The zero-order valence-electron chi connectivity index (χ0n) is 16.9. The molecule has 0 aromatic carbocycles. The van der Waals surface area contributed by atoms with Gasteiger partial charge in [-0.1, -0.05) is 5.16 Å². The van der Waals surface area contributed by atoms with Crippen LogP contribution in [-0.4, -0.2) is 79.2 Å². The van der Waals surface area contributed by atoms with Crippen molar-refractivity contribution in [3.8, 4) is 0 Å². The van der Waals surface area contributed by atoms with Crippen LogP contribution in [0, 0.1) is 0 Å². The fourth-order valence-corrected chi connectivity index (χ4v) is 6.68. The van der Waals surface area contributed by atoms with E-state index in [0.29, 0.717) is 44.1 Å². The molecule has 1 aromatic heterocycles. The lowest BCUT2D eigenvalue weighted by atomic mass is 9.99. The Morgan fingerprint density at radius 1 is 1.28 bits per heavy atom. The fourth-order valence-electron chi connectivity index (χ4n) is 4.63. The van der Waals surface area contributed by atoms with Crippen LogP contribution >= 0.6 is 0 Å². The van der Waals surface area contributed by atoms with Gasteiger partial charge in [0.05, 0.1) is 5.75 Å². The summed E-state index contributed by atoms with van der Waals surface area (Å²) in [5.74, 6) is 1.08. The normalized spacial score (nSPS) is 27.5. The summed E-state index contributed by atoms with van der Waals surface area (Å²) in [7, 11) is -1.44. The minimum Gasteiger partial charge on any atom is -0.360 e. The van der Waals surface area contributed by atoms with E-state index in [2.05, 4.69) is 10.5 Å². The molecule has 3 atom stereocenters.